The maximum atomic E-state index is 12.6. The molecule has 0 amide bonds. The number of nitrogens with one attached hydrogen (secondary N) is 3. The van der Waals surface area contributed by atoms with Crippen LogP contribution < -0.4 is 56.4 Å². The van der Waals surface area contributed by atoms with E-state index in [4.69, 9.17) is 9.47 Å². The quantitative estimate of drug-likeness (QED) is 0.140. The minimum absolute atomic E-state index is 0.127. The van der Waals surface area contributed by atoms with Gasteiger partial charge in [0.15, 0.2) is 0 Å². The van der Waals surface area contributed by atoms with Gasteiger partial charge in [-0.3, -0.25) is 75.8 Å². The summed E-state index contributed by atoms with van der Waals surface area (Å²) in [5.41, 5.74) is -3.65. The number of hydrogen-bond donors (Lipinski definition) is 3. The summed E-state index contributed by atoms with van der Waals surface area (Å²) in [5.74, 6) is -2.99. The van der Waals surface area contributed by atoms with Crippen LogP contribution >= 0.6 is 0 Å². The van der Waals surface area contributed by atoms with E-state index in [0.717, 1.165) is 22.8 Å². The second-order valence-electron chi connectivity index (χ2n) is 20.8. The van der Waals surface area contributed by atoms with Crippen LogP contribution in [0.25, 0.3) is 54.5 Å². The predicted octanol–water partition coefficient (Wildman–Crippen LogP) is 2.45. The summed E-state index contributed by atoms with van der Waals surface area (Å²) in [5, 5.41) is 1.73. The van der Waals surface area contributed by atoms with E-state index < -0.39 is 73.9 Å². The van der Waals surface area contributed by atoms with E-state index in [2.05, 4.69) is 19.4 Å². The Labute approximate surface area is 505 Å². The first kappa shape index (κ1) is 67.5. The number of benzene rings is 5. The largest absolute Gasteiger partial charge is 0.465 e. The van der Waals surface area contributed by atoms with Crippen molar-refractivity contribution >= 4 is 89.6 Å². The lowest BCUT2D eigenvalue weighted by atomic mass is 10.2. The van der Waals surface area contributed by atoms with Crippen LogP contribution in [0.4, 0.5) is 0 Å². The predicted molar refractivity (Wildman–Crippen MR) is 331 cm³/mol. The van der Waals surface area contributed by atoms with E-state index in [1.54, 1.807) is 149 Å². The van der Waals surface area contributed by atoms with Gasteiger partial charge in [-0.15, -0.1) is 0 Å². The summed E-state index contributed by atoms with van der Waals surface area (Å²) in [4.78, 5) is 194. The highest BCUT2D eigenvalue weighted by Gasteiger charge is 2.21. The molecule has 468 valence electrons. The number of nitrogens with zero attached hydrogens (tertiary/aromatic N) is 6. The van der Waals surface area contributed by atoms with Crippen molar-refractivity contribution in [3.63, 3.8) is 0 Å². The van der Waals surface area contributed by atoms with Gasteiger partial charge in [-0.25, -0.2) is 33.3 Å². The van der Waals surface area contributed by atoms with E-state index in [9.17, 15) is 76.7 Å². The minimum atomic E-state index is -0.723. The van der Waals surface area contributed by atoms with Crippen molar-refractivity contribution in [1.82, 2.24) is 42.4 Å². The molecule has 0 atom stereocenters. The molecule has 10 aromatic rings. The number of carbonyl (C=O) groups excluding carboxylic acids is 6. The lowest BCUT2D eigenvalue weighted by Gasteiger charge is -2.20. The fourth-order valence-electron chi connectivity index (χ4n) is 8.79. The van der Waals surface area contributed by atoms with Crippen LogP contribution in [0.15, 0.2) is 174 Å². The average Bonchev–Trinajstić information content (AvgIpc) is 0.802. The summed E-state index contributed by atoms with van der Waals surface area (Å²) < 4.78 is 20.1. The maximum Gasteiger partial charge on any atom is 0.419 e. The lowest BCUT2D eigenvalue weighted by molar-refractivity contribution is -0.155. The number of H-pyrrole nitrogens is 3. The summed E-state index contributed by atoms with van der Waals surface area (Å²) in [6.07, 6.45) is 0. The molecule has 5 aromatic carbocycles. The van der Waals surface area contributed by atoms with Crippen LogP contribution in [-0.2, 0) is 77.5 Å². The van der Waals surface area contributed by atoms with Crippen molar-refractivity contribution in [2.45, 2.75) is 100 Å². The third kappa shape index (κ3) is 17.1. The van der Waals surface area contributed by atoms with E-state index >= 15 is 0 Å². The Morgan fingerprint density at radius 2 is 0.722 bits per heavy atom. The number of para-hydroxylation sites is 5. The highest BCUT2D eigenvalue weighted by Crippen LogP contribution is 2.12. The lowest BCUT2D eigenvalue weighted by Crippen LogP contribution is -2.43. The fraction of sp³-hybridized carbons (Fsp3) is 0.258. The SMILES string of the molecule is CC(=O)Cn1c(=O)[nH]c2ccccc2c1=O.CC(=O)Cn1c(=O)c2ccccc2n(CC(=O)OC(C)(C)C)c1=O.CC(=O)Cn1c(=O)c2ccccc2n(CC(C)=O)c1=O.CCOC(=O)Cn1c(=O)[nH]c2ccccc2c1=O.O=c1[nH]c2ccccc2c(=O)o1. The van der Waals surface area contributed by atoms with Gasteiger partial charge in [-0.2, -0.15) is 0 Å². The van der Waals surface area contributed by atoms with E-state index in [0.29, 0.717) is 49.1 Å². The number of ether oxygens (including phenoxy) is 2. The second kappa shape index (κ2) is 29.7. The van der Waals surface area contributed by atoms with Gasteiger partial charge in [0.1, 0.15) is 41.8 Å². The molecule has 0 saturated heterocycles. The molecule has 5 heterocycles. The smallest absolute Gasteiger partial charge is 0.419 e. The van der Waals surface area contributed by atoms with Gasteiger partial charge in [-0.05, 0) is 116 Å². The normalized spacial score (nSPS) is 10.8. The van der Waals surface area contributed by atoms with E-state index in [1.165, 1.54) is 32.3 Å². The van der Waals surface area contributed by atoms with Crippen molar-refractivity contribution in [1.29, 1.82) is 0 Å². The first-order valence-electron chi connectivity index (χ1n) is 27.4. The first-order chi connectivity index (χ1) is 42.5. The van der Waals surface area contributed by atoms with Gasteiger partial charge in [0.2, 0.25) is 0 Å². The second-order valence-corrected chi connectivity index (χ2v) is 20.8. The third-order valence-electron chi connectivity index (χ3n) is 12.4. The van der Waals surface area contributed by atoms with Crippen LogP contribution in [-0.4, -0.2) is 89.6 Å². The van der Waals surface area contributed by atoms with Gasteiger partial charge in [0.25, 0.3) is 22.2 Å². The molecule has 3 N–H and O–H groups in total. The van der Waals surface area contributed by atoms with Crippen LogP contribution in [0.1, 0.15) is 55.4 Å². The highest BCUT2D eigenvalue weighted by atomic mass is 16.6. The summed E-state index contributed by atoms with van der Waals surface area (Å²) in [6, 6.07) is 33.0. The zero-order valence-electron chi connectivity index (χ0n) is 49.9. The van der Waals surface area contributed by atoms with E-state index in [1.807, 2.05) is 0 Å². The maximum absolute atomic E-state index is 12.6. The third-order valence-corrected chi connectivity index (χ3v) is 12.4. The summed E-state index contributed by atoms with van der Waals surface area (Å²) >= 11 is 0. The number of rotatable bonds is 13. The number of aromatic nitrogens is 9. The van der Waals surface area contributed by atoms with Crippen molar-refractivity contribution in [2.24, 2.45) is 0 Å². The Bertz CT molecular complexity index is 5080. The molecule has 28 heteroatoms. The monoisotopic (exact) mass is 1240 g/mol. The molecule has 28 nitrogen and oxygen atoms in total. The Morgan fingerprint density at radius 3 is 1.13 bits per heavy atom. The Balaban J connectivity index is 0.000000182. The number of Topliss-reactive ketones (excluding diaryl/α,β-unsaturated/α-hetero) is 4. The van der Waals surface area contributed by atoms with Crippen LogP contribution in [0.5, 0.6) is 0 Å². The number of esters is 2. The van der Waals surface area contributed by atoms with Crippen molar-refractivity contribution in [2.75, 3.05) is 6.61 Å². The van der Waals surface area contributed by atoms with Crippen LogP contribution in [0, 0.1) is 0 Å². The summed E-state index contributed by atoms with van der Waals surface area (Å²) in [6.45, 7) is 10.7. The molecular formula is C62H61N9O19. The average molecular weight is 1240 g/mol. The van der Waals surface area contributed by atoms with Crippen molar-refractivity contribution in [3.05, 3.63) is 226 Å². The van der Waals surface area contributed by atoms with Gasteiger partial charge in [0.05, 0.1) is 87.3 Å². The minimum Gasteiger partial charge on any atom is -0.465 e. The molecule has 0 fully saturated rings. The molecule has 0 bridgehead atoms. The number of aromatic amines is 3. The zero-order chi connectivity index (χ0) is 66.3. The highest BCUT2D eigenvalue weighted by molar-refractivity contribution is 5.84. The van der Waals surface area contributed by atoms with Gasteiger partial charge < -0.3 is 23.9 Å². The molecule has 5 aromatic heterocycles. The number of carbonyl (C=O) groups is 6. The van der Waals surface area contributed by atoms with Gasteiger partial charge >= 0.3 is 46.1 Å². The fourth-order valence-corrected chi connectivity index (χ4v) is 8.79. The Kier molecular flexibility index (Phi) is 22.3. The molecule has 0 unspecified atom stereocenters. The topological polar surface area (TPSA) is 382 Å². The molecule has 10 rings (SSSR count). The number of hydrogen-bond acceptors (Lipinski definition) is 19. The number of ketones is 4. The van der Waals surface area contributed by atoms with Crippen molar-refractivity contribution in [3.8, 4) is 0 Å². The molecule has 0 saturated carbocycles. The van der Waals surface area contributed by atoms with Gasteiger partial charge in [-0.1, -0.05) is 60.7 Å². The molecule has 0 spiro atoms. The van der Waals surface area contributed by atoms with Crippen LogP contribution in [0.2, 0.25) is 0 Å². The van der Waals surface area contributed by atoms with Gasteiger partial charge in [0, 0.05) is 0 Å². The molecule has 90 heavy (non-hydrogen) atoms. The summed E-state index contributed by atoms with van der Waals surface area (Å²) in [7, 11) is 0. The molecule has 0 radical (unpaired) electrons. The Morgan fingerprint density at radius 1 is 0.400 bits per heavy atom. The zero-order valence-corrected chi connectivity index (χ0v) is 49.9. The molecule has 0 aliphatic rings. The molecule has 0 aliphatic carbocycles. The standard InChI is InChI=1S/C17H20N2O5.C14H14N2O4.C12H12N2O4.C11H10N2O3.C8H5NO3/c1-11(20)9-19-15(22)12-7-5-6-8-13(12)18(16(19)23)10-14(21)24-17(2,3)4;1-9(17)7-15-12-6-4-3-5-11(12)13(19)16(14(15)20)8-10(2)18;1-2-18-10(15)7-14-11(16)8-5-3-4-6-9(8)13-12(14)17;1-7(14)6-13-10(15)8-4-2-3-5-9(8)12-11(13)16;10-7-5-3-1-2-4-6(5)9-8(11)12-7/h5-8H,9-10H2,1-4H3;3-6H,7-8H2,1-2H3;3-6H,2,7H2,1H3,(H,13,17);2-5H,6H2,1H3,(H,12,16);1-4H,(H,9,11). The first-order valence-corrected chi connectivity index (χ1v) is 27.4. The molecular weight excluding hydrogens is 1170 g/mol. The van der Waals surface area contributed by atoms with Crippen LogP contribution in [0.3, 0.4) is 0 Å². The Hall–Kier alpha value is -11.6. The molecule has 0 aliphatic heterocycles. The van der Waals surface area contributed by atoms with Crippen molar-refractivity contribution < 1.29 is 42.7 Å². The van der Waals surface area contributed by atoms with E-state index in [-0.39, 0.29) is 74.4 Å². The number of fused-ring (bicyclic) bond motifs is 5.